The maximum absolute atomic E-state index is 10.1. The zero-order chi connectivity index (χ0) is 10.7. The minimum atomic E-state index is -0.509. The summed E-state index contributed by atoms with van der Waals surface area (Å²) in [5.74, 6) is 2.65. The topological polar surface area (TPSA) is 45.4 Å². The van der Waals surface area contributed by atoms with E-state index in [1.807, 2.05) is 13.0 Å². The molecule has 0 aromatic carbocycles. The lowest BCUT2D eigenvalue weighted by atomic mass is 10.1. The highest BCUT2D eigenvalue weighted by atomic mass is 32.2. The van der Waals surface area contributed by atoms with E-state index in [9.17, 15) is 5.11 Å². The van der Waals surface area contributed by atoms with Crippen molar-refractivity contribution in [1.82, 2.24) is 5.32 Å². The molecule has 15 heavy (non-hydrogen) atoms. The first kappa shape index (κ1) is 11.0. The van der Waals surface area contributed by atoms with E-state index in [1.165, 1.54) is 5.56 Å². The van der Waals surface area contributed by atoms with Gasteiger partial charge in [-0.3, -0.25) is 0 Å². The third kappa shape index (κ3) is 2.77. The van der Waals surface area contributed by atoms with E-state index in [0.717, 1.165) is 36.8 Å². The van der Waals surface area contributed by atoms with Crippen LogP contribution in [0.4, 0.5) is 0 Å². The first-order chi connectivity index (χ1) is 7.20. The molecule has 0 aliphatic carbocycles. The van der Waals surface area contributed by atoms with Gasteiger partial charge in [0, 0.05) is 12.3 Å². The highest BCUT2D eigenvalue weighted by molar-refractivity contribution is 7.98. The smallest absolute Gasteiger partial charge is 0.116 e. The third-order valence-corrected chi connectivity index (χ3v) is 4.00. The monoisotopic (exact) mass is 227 g/mol. The van der Waals surface area contributed by atoms with Gasteiger partial charge in [-0.05, 0) is 31.5 Å². The summed E-state index contributed by atoms with van der Waals surface area (Å²) in [5, 5.41) is 13.3. The average molecular weight is 227 g/mol. The van der Waals surface area contributed by atoms with Gasteiger partial charge in [-0.1, -0.05) is 0 Å². The number of aryl methyl sites for hydroxylation is 1. The van der Waals surface area contributed by atoms with Crippen molar-refractivity contribution in [3.63, 3.8) is 0 Å². The van der Waals surface area contributed by atoms with E-state index in [1.54, 1.807) is 18.0 Å². The summed E-state index contributed by atoms with van der Waals surface area (Å²) in [6.45, 7) is 3.69. The Balaban J connectivity index is 1.77. The zero-order valence-corrected chi connectivity index (χ0v) is 9.77. The molecule has 1 aromatic heterocycles. The van der Waals surface area contributed by atoms with E-state index < -0.39 is 5.60 Å². The predicted molar refractivity (Wildman–Crippen MR) is 62.0 cm³/mol. The second-order valence-electron chi connectivity index (χ2n) is 4.17. The van der Waals surface area contributed by atoms with Crippen LogP contribution in [-0.4, -0.2) is 29.5 Å². The molecule has 0 amide bonds. The Labute approximate surface area is 94.2 Å². The van der Waals surface area contributed by atoms with Gasteiger partial charge in [0.15, 0.2) is 0 Å². The Kier molecular flexibility index (Phi) is 3.38. The molecule has 2 heterocycles. The summed E-state index contributed by atoms with van der Waals surface area (Å²) < 4.78 is 5.34. The Hall–Kier alpha value is -0.450. The Morgan fingerprint density at radius 2 is 2.53 bits per heavy atom. The van der Waals surface area contributed by atoms with Crippen LogP contribution in [0.5, 0.6) is 0 Å². The van der Waals surface area contributed by atoms with Gasteiger partial charge < -0.3 is 14.8 Å². The highest BCUT2D eigenvalue weighted by Gasteiger charge is 2.30. The zero-order valence-electron chi connectivity index (χ0n) is 8.95. The fourth-order valence-electron chi connectivity index (χ4n) is 1.74. The van der Waals surface area contributed by atoms with E-state index in [2.05, 4.69) is 5.32 Å². The van der Waals surface area contributed by atoms with E-state index in [-0.39, 0.29) is 0 Å². The van der Waals surface area contributed by atoms with Crippen molar-refractivity contribution in [2.75, 3.05) is 18.8 Å². The van der Waals surface area contributed by atoms with Crippen LogP contribution < -0.4 is 5.32 Å². The lowest BCUT2D eigenvalue weighted by Gasteiger charge is -2.20. The first-order valence-corrected chi connectivity index (χ1v) is 6.39. The molecule has 2 rings (SSSR count). The molecule has 1 aromatic rings. The Morgan fingerprint density at radius 3 is 3.13 bits per heavy atom. The molecule has 4 heteroatoms. The lowest BCUT2D eigenvalue weighted by Crippen LogP contribution is -2.34. The van der Waals surface area contributed by atoms with E-state index in [0.29, 0.717) is 0 Å². The molecule has 1 atom stereocenters. The van der Waals surface area contributed by atoms with E-state index in [4.69, 9.17) is 4.42 Å². The van der Waals surface area contributed by atoms with Crippen molar-refractivity contribution in [2.45, 2.75) is 24.7 Å². The number of β-amino-alcohol motifs (C(OH)–C–C–N with tert-alkyl or cyclic N) is 1. The number of aliphatic hydroxyl groups is 1. The summed E-state index contributed by atoms with van der Waals surface area (Å²) in [5.41, 5.74) is 0.685. The molecule has 1 aliphatic rings. The maximum Gasteiger partial charge on any atom is 0.116 e. The number of hydrogen-bond donors (Lipinski definition) is 2. The average Bonchev–Trinajstić information content (AvgIpc) is 2.78. The highest BCUT2D eigenvalue weighted by Crippen LogP contribution is 2.24. The SMILES string of the molecule is Cc1ccoc1CSCC1(O)CCNC1. The summed E-state index contributed by atoms with van der Waals surface area (Å²) in [7, 11) is 0. The Bertz CT molecular complexity index is 318. The number of thioether (sulfide) groups is 1. The summed E-state index contributed by atoms with van der Waals surface area (Å²) in [4.78, 5) is 0. The predicted octanol–water partition coefficient (Wildman–Crippen LogP) is 1.55. The normalized spacial score (nSPS) is 26.0. The molecule has 1 saturated heterocycles. The van der Waals surface area contributed by atoms with E-state index >= 15 is 0 Å². The van der Waals surface area contributed by atoms with Crippen molar-refractivity contribution < 1.29 is 9.52 Å². The minimum Gasteiger partial charge on any atom is -0.468 e. The van der Waals surface area contributed by atoms with Crippen LogP contribution in [0, 0.1) is 6.92 Å². The molecule has 1 fully saturated rings. The van der Waals surface area contributed by atoms with Crippen LogP contribution in [0.3, 0.4) is 0 Å². The molecule has 1 unspecified atom stereocenters. The summed E-state index contributed by atoms with van der Waals surface area (Å²) in [6, 6.07) is 1.97. The fourth-order valence-corrected chi connectivity index (χ4v) is 2.95. The van der Waals surface area contributed by atoms with Gasteiger partial charge in [0.05, 0.1) is 17.6 Å². The maximum atomic E-state index is 10.1. The van der Waals surface area contributed by atoms with Gasteiger partial charge >= 0.3 is 0 Å². The lowest BCUT2D eigenvalue weighted by molar-refractivity contribution is 0.0871. The van der Waals surface area contributed by atoms with Gasteiger partial charge in [-0.15, -0.1) is 0 Å². The largest absolute Gasteiger partial charge is 0.468 e. The molecular formula is C11H17NO2S. The van der Waals surface area contributed by atoms with Crippen molar-refractivity contribution >= 4 is 11.8 Å². The first-order valence-electron chi connectivity index (χ1n) is 5.23. The van der Waals surface area contributed by atoms with Crippen LogP contribution in [0.2, 0.25) is 0 Å². The molecule has 1 aliphatic heterocycles. The number of furan rings is 1. The van der Waals surface area contributed by atoms with Gasteiger partial charge in [0.25, 0.3) is 0 Å². The molecule has 0 radical (unpaired) electrons. The molecule has 84 valence electrons. The molecule has 2 N–H and O–H groups in total. The second-order valence-corrected chi connectivity index (χ2v) is 5.16. The van der Waals surface area contributed by atoms with Gasteiger partial charge in [0.2, 0.25) is 0 Å². The molecule has 0 saturated carbocycles. The molecular weight excluding hydrogens is 210 g/mol. The van der Waals surface area contributed by atoms with Crippen LogP contribution >= 0.6 is 11.8 Å². The van der Waals surface area contributed by atoms with Crippen LogP contribution in [0.1, 0.15) is 17.7 Å². The Morgan fingerprint density at radius 1 is 1.67 bits per heavy atom. The van der Waals surface area contributed by atoms with Crippen molar-refractivity contribution in [1.29, 1.82) is 0 Å². The molecule has 0 spiro atoms. The summed E-state index contributed by atoms with van der Waals surface area (Å²) in [6.07, 6.45) is 2.58. The quantitative estimate of drug-likeness (QED) is 0.819. The van der Waals surface area contributed by atoms with Crippen LogP contribution in [-0.2, 0) is 5.75 Å². The molecule has 0 bridgehead atoms. The van der Waals surface area contributed by atoms with Gasteiger partial charge in [0.1, 0.15) is 5.76 Å². The molecule has 3 nitrogen and oxygen atoms in total. The number of rotatable bonds is 4. The number of nitrogens with one attached hydrogen (secondary N) is 1. The number of hydrogen-bond acceptors (Lipinski definition) is 4. The minimum absolute atomic E-state index is 0.509. The van der Waals surface area contributed by atoms with Gasteiger partial charge in [-0.25, -0.2) is 0 Å². The summed E-state index contributed by atoms with van der Waals surface area (Å²) >= 11 is 1.74. The second kappa shape index (κ2) is 4.60. The van der Waals surface area contributed by atoms with Gasteiger partial charge in [-0.2, -0.15) is 11.8 Å². The third-order valence-electron chi connectivity index (χ3n) is 2.79. The van der Waals surface area contributed by atoms with Crippen LogP contribution in [0.15, 0.2) is 16.7 Å². The van der Waals surface area contributed by atoms with Crippen LogP contribution in [0.25, 0.3) is 0 Å². The fraction of sp³-hybridized carbons (Fsp3) is 0.636. The van der Waals surface area contributed by atoms with Crippen molar-refractivity contribution in [3.8, 4) is 0 Å². The van der Waals surface area contributed by atoms with Crippen molar-refractivity contribution in [2.24, 2.45) is 0 Å². The standard InChI is InChI=1S/C11H17NO2S/c1-9-2-5-14-10(9)6-15-8-11(13)3-4-12-7-11/h2,5,12-13H,3-4,6-8H2,1H3. The van der Waals surface area contributed by atoms with Crippen molar-refractivity contribution in [3.05, 3.63) is 23.7 Å².